The predicted molar refractivity (Wildman–Crippen MR) is 100 cm³/mol. The first-order valence-corrected chi connectivity index (χ1v) is 8.38. The van der Waals surface area contributed by atoms with E-state index >= 15 is 0 Å². The molecule has 2 aromatic heterocycles. The zero-order valence-electron chi connectivity index (χ0n) is 13.6. The monoisotopic (exact) mass is 363 g/mol. The van der Waals surface area contributed by atoms with Crippen LogP contribution in [-0.4, -0.2) is 25.7 Å². The number of nitrogens with zero attached hydrogens (tertiary/aromatic N) is 3. The van der Waals surface area contributed by atoms with Crippen LogP contribution in [0.1, 0.15) is 22.0 Å². The molecular weight excluding hydrogens is 350 g/mol. The van der Waals surface area contributed by atoms with Crippen LogP contribution in [0.2, 0.25) is 5.02 Å². The van der Waals surface area contributed by atoms with Crippen LogP contribution in [0, 0.1) is 0 Å². The van der Waals surface area contributed by atoms with Crippen LogP contribution in [0.5, 0.6) is 0 Å². The molecule has 2 aromatic carbocycles. The lowest BCUT2D eigenvalue weighted by molar-refractivity contribution is 0.102. The topological polar surface area (TPSA) is 83.6 Å². The summed E-state index contributed by atoms with van der Waals surface area (Å²) in [4.78, 5) is 28.1. The maximum absolute atomic E-state index is 12.6. The minimum Gasteiger partial charge on any atom is -0.365 e. The standard InChI is InChI=1S/C19H14ClN5O/c20-13-6-7-15-14(10-13)17(23-11-12-4-2-1-3-5-12)25-19(24-15)16(26)18-21-8-9-22-18/h1-10H,11H2,(H,21,22)(H,23,24,25). The van der Waals surface area contributed by atoms with Crippen molar-refractivity contribution in [3.63, 3.8) is 0 Å². The largest absolute Gasteiger partial charge is 0.365 e. The highest BCUT2D eigenvalue weighted by Gasteiger charge is 2.18. The van der Waals surface area contributed by atoms with E-state index in [4.69, 9.17) is 11.6 Å². The maximum atomic E-state index is 12.6. The maximum Gasteiger partial charge on any atom is 0.265 e. The highest BCUT2D eigenvalue weighted by molar-refractivity contribution is 6.31. The third-order valence-electron chi connectivity index (χ3n) is 3.88. The molecule has 0 fully saturated rings. The fourth-order valence-corrected chi connectivity index (χ4v) is 2.79. The Kier molecular flexibility index (Phi) is 4.33. The van der Waals surface area contributed by atoms with E-state index in [1.54, 1.807) is 24.4 Å². The van der Waals surface area contributed by atoms with E-state index in [2.05, 4.69) is 25.3 Å². The molecule has 0 amide bonds. The SMILES string of the molecule is O=C(c1nc(NCc2ccccc2)c2cc(Cl)ccc2n1)c1ncc[nH]1. The Morgan fingerprint density at radius 1 is 1.12 bits per heavy atom. The van der Waals surface area contributed by atoms with Crippen molar-refractivity contribution in [2.75, 3.05) is 5.32 Å². The van der Waals surface area contributed by atoms with Crippen molar-refractivity contribution in [2.24, 2.45) is 0 Å². The van der Waals surface area contributed by atoms with Crippen LogP contribution in [0.3, 0.4) is 0 Å². The Hall–Kier alpha value is -3.25. The normalized spacial score (nSPS) is 10.8. The summed E-state index contributed by atoms with van der Waals surface area (Å²) in [6, 6.07) is 15.2. The summed E-state index contributed by atoms with van der Waals surface area (Å²) in [7, 11) is 0. The molecule has 26 heavy (non-hydrogen) atoms. The number of ketones is 1. The van der Waals surface area contributed by atoms with Gasteiger partial charge < -0.3 is 10.3 Å². The fraction of sp³-hybridized carbons (Fsp3) is 0.0526. The number of imidazole rings is 1. The number of carbonyl (C=O) groups excluding carboxylic acids is 1. The Bertz CT molecular complexity index is 1060. The van der Waals surface area contributed by atoms with Gasteiger partial charge in [0.05, 0.1) is 5.52 Å². The van der Waals surface area contributed by atoms with Crippen LogP contribution >= 0.6 is 11.6 Å². The minimum absolute atomic E-state index is 0.0744. The molecule has 0 spiro atoms. The van der Waals surface area contributed by atoms with Crippen LogP contribution in [0.4, 0.5) is 5.82 Å². The average Bonchev–Trinajstić information content (AvgIpc) is 3.21. The van der Waals surface area contributed by atoms with Gasteiger partial charge in [-0.05, 0) is 23.8 Å². The van der Waals surface area contributed by atoms with Crippen molar-refractivity contribution >= 4 is 34.1 Å². The molecule has 6 nitrogen and oxygen atoms in total. The summed E-state index contributed by atoms with van der Waals surface area (Å²) < 4.78 is 0. The lowest BCUT2D eigenvalue weighted by atomic mass is 10.2. The Morgan fingerprint density at radius 2 is 1.96 bits per heavy atom. The number of halogens is 1. The molecule has 0 saturated carbocycles. The van der Waals surface area contributed by atoms with Gasteiger partial charge in [0.2, 0.25) is 5.82 Å². The van der Waals surface area contributed by atoms with Gasteiger partial charge in [-0.3, -0.25) is 4.79 Å². The van der Waals surface area contributed by atoms with Gasteiger partial charge in [-0.15, -0.1) is 0 Å². The molecule has 0 radical (unpaired) electrons. The lowest BCUT2D eigenvalue weighted by Crippen LogP contribution is -2.12. The molecule has 0 aliphatic rings. The number of fused-ring (bicyclic) bond motifs is 1. The van der Waals surface area contributed by atoms with Crippen molar-refractivity contribution in [1.82, 2.24) is 19.9 Å². The van der Waals surface area contributed by atoms with Gasteiger partial charge in [-0.1, -0.05) is 41.9 Å². The Morgan fingerprint density at radius 3 is 2.73 bits per heavy atom. The lowest BCUT2D eigenvalue weighted by Gasteiger charge is -2.10. The van der Waals surface area contributed by atoms with E-state index in [1.807, 2.05) is 30.3 Å². The minimum atomic E-state index is -0.366. The second-order valence-electron chi connectivity index (χ2n) is 5.66. The average molecular weight is 364 g/mol. The van der Waals surface area contributed by atoms with E-state index in [-0.39, 0.29) is 17.4 Å². The zero-order valence-corrected chi connectivity index (χ0v) is 14.4. The van der Waals surface area contributed by atoms with Gasteiger partial charge in [-0.2, -0.15) is 0 Å². The summed E-state index contributed by atoms with van der Waals surface area (Å²) in [6.45, 7) is 0.563. The smallest absolute Gasteiger partial charge is 0.265 e. The van der Waals surface area contributed by atoms with Crippen molar-refractivity contribution in [3.05, 3.63) is 83.2 Å². The Labute approximate surface area is 154 Å². The number of anilines is 1. The van der Waals surface area contributed by atoms with Gasteiger partial charge in [-0.25, -0.2) is 15.0 Å². The van der Waals surface area contributed by atoms with E-state index in [1.165, 1.54) is 6.20 Å². The first-order chi connectivity index (χ1) is 12.7. The number of hydrogen-bond acceptors (Lipinski definition) is 5. The number of nitrogens with one attached hydrogen (secondary N) is 2. The molecule has 0 atom stereocenters. The third-order valence-corrected chi connectivity index (χ3v) is 4.11. The summed E-state index contributed by atoms with van der Waals surface area (Å²) in [5.41, 5.74) is 1.73. The molecule has 0 unspecified atom stereocenters. The van der Waals surface area contributed by atoms with Crippen molar-refractivity contribution in [1.29, 1.82) is 0 Å². The molecule has 0 aliphatic carbocycles. The second-order valence-corrected chi connectivity index (χ2v) is 6.10. The van der Waals surface area contributed by atoms with Crippen molar-refractivity contribution < 1.29 is 4.79 Å². The molecule has 0 saturated heterocycles. The zero-order chi connectivity index (χ0) is 17.9. The highest BCUT2D eigenvalue weighted by Crippen LogP contribution is 2.25. The van der Waals surface area contributed by atoms with Gasteiger partial charge in [0.25, 0.3) is 5.78 Å². The van der Waals surface area contributed by atoms with Crippen LogP contribution in [0.15, 0.2) is 60.9 Å². The number of aromatic nitrogens is 4. The van der Waals surface area contributed by atoms with Crippen molar-refractivity contribution in [2.45, 2.75) is 6.54 Å². The molecule has 0 bridgehead atoms. The molecule has 0 aliphatic heterocycles. The van der Waals surface area contributed by atoms with Crippen LogP contribution in [-0.2, 0) is 6.54 Å². The fourth-order valence-electron chi connectivity index (χ4n) is 2.61. The first-order valence-electron chi connectivity index (χ1n) is 8.00. The summed E-state index contributed by atoms with van der Waals surface area (Å²) in [5, 5.41) is 4.61. The molecule has 2 N–H and O–H groups in total. The van der Waals surface area contributed by atoms with E-state index in [0.717, 1.165) is 10.9 Å². The molecular formula is C19H14ClN5O. The van der Waals surface area contributed by atoms with E-state index < -0.39 is 0 Å². The van der Waals surface area contributed by atoms with Gasteiger partial charge in [0.15, 0.2) is 5.82 Å². The quantitative estimate of drug-likeness (QED) is 0.526. The van der Waals surface area contributed by atoms with Gasteiger partial charge >= 0.3 is 0 Å². The summed E-state index contributed by atoms with van der Waals surface area (Å²) >= 11 is 6.13. The third kappa shape index (κ3) is 3.27. The molecule has 7 heteroatoms. The predicted octanol–water partition coefficient (Wildman–Crippen LogP) is 3.85. The Balaban J connectivity index is 1.75. The molecule has 4 aromatic rings. The van der Waals surface area contributed by atoms with Gasteiger partial charge in [0.1, 0.15) is 5.82 Å². The highest BCUT2D eigenvalue weighted by atomic mass is 35.5. The summed E-state index contributed by atoms with van der Waals surface area (Å²) in [5.74, 6) is 0.462. The molecule has 4 rings (SSSR count). The van der Waals surface area contributed by atoms with Crippen molar-refractivity contribution in [3.8, 4) is 0 Å². The number of hydrogen-bond donors (Lipinski definition) is 2. The second kappa shape index (κ2) is 6.93. The first kappa shape index (κ1) is 16.2. The van der Waals surface area contributed by atoms with E-state index in [9.17, 15) is 4.79 Å². The summed E-state index contributed by atoms with van der Waals surface area (Å²) in [6.07, 6.45) is 3.10. The van der Waals surface area contributed by atoms with Crippen LogP contribution in [0.25, 0.3) is 10.9 Å². The number of aromatic amines is 1. The van der Waals surface area contributed by atoms with E-state index in [0.29, 0.717) is 22.9 Å². The molecule has 2 heterocycles. The number of benzene rings is 2. The van der Waals surface area contributed by atoms with Crippen LogP contribution < -0.4 is 5.32 Å². The molecule has 128 valence electrons. The number of H-pyrrole nitrogens is 1. The number of rotatable bonds is 5. The number of carbonyl (C=O) groups is 1. The van der Waals surface area contributed by atoms with Gasteiger partial charge in [0, 0.05) is 29.3 Å².